The molecule has 2 heterocycles. The Bertz CT molecular complexity index is 1210. The zero-order valence-electron chi connectivity index (χ0n) is 22.9. The zero-order chi connectivity index (χ0) is 26.9. The first-order valence-corrected chi connectivity index (χ1v) is 15.9. The predicted molar refractivity (Wildman–Crippen MR) is 152 cm³/mol. The van der Waals surface area contributed by atoms with Crippen molar-refractivity contribution in [3.8, 4) is 17.1 Å². The van der Waals surface area contributed by atoms with Gasteiger partial charge in [0.1, 0.15) is 17.4 Å². The van der Waals surface area contributed by atoms with Crippen LogP contribution in [0.5, 0.6) is 5.75 Å². The van der Waals surface area contributed by atoms with Crippen LogP contribution in [-0.4, -0.2) is 46.3 Å². The predicted octanol–water partition coefficient (Wildman–Crippen LogP) is 7.39. The van der Waals surface area contributed by atoms with E-state index < -0.39 is 9.84 Å². The number of unbranched alkanes of at least 4 members (excludes halogenated alkanes) is 9. The van der Waals surface area contributed by atoms with Crippen molar-refractivity contribution >= 4 is 27.1 Å². The standard InChI is InChI=1S/C28H43ClN4O3S/c1-5-6-7-8-9-10-11-12-13-14-20-37(34,35)21-19-36-23-17-15-22(16-18-23)26-30-27-24(29)25(28(2,3)4)31-33(27)32-26/h15-18H,5-14,19-21H2,1-4H3,(H,30,32). The number of rotatable bonds is 16. The Hall–Kier alpha value is -2.06. The topological polar surface area (TPSA) is 89.3 Å². The summed E-state index contributed by atoms with van der Waals surface area (Å²) in [4.78, 5) is 3.24. The maximum atomic E-state index is 12.4. The lowest BCUT2D eigenvalue weighted by atomic mass is 9.92. The highest BCUT2D eigenvalue weighted by atomic mass is 35.5. The number of aromatic amines is 1. The molecule has 0 atom stereocenters. The van der Waals surface area contributed by atoms with Crippen molar-refractivity contribution in [2.24, 2.45) is 0 Å². The van der Waals surface area contributed by atoms with Gasteiger partial charge in [-0.25, -0.2) is 8.42 Å². The van der Waals surface area contributed by atoms with E-state index in [9.17, 15) is 8.42 Å². The molecule has 3 rings (SSSR count). The summed E-state index contributed by atoms with van der Waals surface area (Å²) < 4.78 is 31.9. The van der Waals surface area contributed by atoms with Crippen LogP contribution in [0.2, 0.25) is 5.02 Å². The molecule has 0 amide bonds. The minimum Gasteiger partial charge on any atom is -0.493 e. The third-order valence-electron chi connectivity index (χ3n) is 6.55. The zero-order valence-corrected chi connectivity index (χ0v) is 24.4. The lowest BCUT2D eigenvalue weighted by molar-refractivity contribution is 0.341. The van der Waals surface area contributed by atoms with Gasteiger partial charge in [-0.2, -0.15) is 5.10 Å². The number of H-pyrrole nitrogens is 1. The highest BCUT2D eigenvalue weighted by Gasteiger charge is 2.25. The maximum absolute atomic E-state index is 12.4. The number of hydrogen-bond donors (Lipinski definition) is 1. The fourth-order valence-electron chi connectivity index (χ4n) is 4.31. The van der Waals surface area contributed by atoms with Crippen molar-refractivity contribution < 1.29 is 13.2 Å². The fraction of sp³-hybridized carbons (Fsp3) is 0.643. The third kappa shape index (κ3) is 9.02. The molecule has 37 heavy (non-hydrogen) atoms. The van der Waals surface area contributed by atoms with E-state index in [1.807, 2.05) is 24.3 Å². The molecule has 0 bridgehead atoms. The van der Waals surface area contributed by atoms with Crippen molar-refractivity contribution in [2.45, 2.75) is 97.3 Å². The average molecular weight is 551 g/mol. The van der Waals surface area contributed by atoms with E-state index in [-0.39, 0.29) is 23.5 Å². The van der Waals surface area contributed by atoms with Crippen LogP contribution >= 0.6 is 11.6 Å². The van der Waals surface area contributed by atoms with Gasteiger partial charge in [-0.3, -0.25) is 0 Å². The second-order valence-corrected chi connectivity index (χ2v) is 13.6. The van der Waals surface area contributed by atoms with Crippen LogP contribution in [0.25, 0.3) is 17.0 Å². The van der Waals surface area contributed by atoms with E-state index in [2.05, 4.69) is 42.9 Å². The molecule has 1 aromatic carbocycles. The van der Waals surface area contributed by atoms with Gasteiger partial charge in [-0.05, 0) is 30.7 Å². The average Bonchev–Trinajstić information content (AvgIpc) is 3.40. The van der Waals surface area contributed by atoms with Gasteiger partial charge in [0.2, 0.25) is 0 Å². The number of halogens is 1. The summed E-state index contributed by atoms with van der Waals surface area (Å²) in [5.74, 6) is 1.56. The number of nitrogens with zero attached hydrogens (tertiary/aromatic N) is 3. The SMILES string of the molecule is CCCCCCCCCCCCS(=O)(=O)CCOc1ccc(-c2nn3nc(C(C)(C)C)c(Cl)c3[nH]2)cc1. The largest absolute Gasteiger partial charge is 0.493 e. The first-order chi connectivity index (χ1) is 17.6. The quantitative estimate of drug-likeness (QED) is 0.188. The van der Waals surface area contributed by atoms with E-state index in [1.165, 1.54) is 49.6 Å². The second-order valence-electron chi connectivity index (χ2n) is 10.9. The van der Waals surface area contributed by atoms with Gasteiger partial charge < -0.3 is 9.72 Å². The second kappa shape index (κ2) is 13.7. The first-order valence-electron chi connectivity index (χ1n) is 13.7. The van der Waals surface area contributed by atoms with Crippen molar-refractivity contribution in [3.63, 3.8) is 0 Å². The Balaban J connectivity index is 1.38. The normalized spacial score (nSPS) is 12.5. The molecule has 0 saturated heterocycles. The number of ether oxygens (including phenoxy) is 1. The Morgan fingerprint density at radius 1 is 0.892 bits per heavy atom. The van der Waals surface area contributed by atoms with Gasteiger partial charge in [0.25, 0.3) is 0 Å². The summed E-state index contributed by atoms with van der Waals surface area (Å²) in [7, 11) is -3.10. The maximum Gasteiger partial charge on any atom is 0.175 e. The van der Waals surface area contributed by atoms with Gasteiger partial charge in [-0.15, -0.1) is 9.73 Å². The molecule has 0 aliphatic heterocycles. The number of fused-ring (bicyclic) bond motifs is 1. The van der Waals surface area contributed by atoms with Crippen LogP contribution in [0.4, 0.5) is 0 Å². The van der Waals surface area contributed by atoms with Crippen molar-refractivity contribution in [2.75, 3.05) is 18.1 Å². The molecular weight excluding hydrogens is 508 g/mol. The molecule has 3 aromatic rings. The Labute approximate surface area is 227 Å². The highest BCUT2D eigenvalue weighted by molar-refractivity contribution is 7.91. The number of nitrogens with one attached hydrogen (secondary N) is 1. The van der Waals surface area contributed by atoms with Gasteiger partial charge in [0.05, 0.1) is 17.2 Å². The summed E-state index contributed by atoms with van der Waals surface area (Å²) in [6.07, 6.45) is 11.9. The molecule has 9 heteroatoms. The number of aromatic nitrogens is 4. The van der Waals surface area contributed by atoms with Crippen LogP contribution in [0, 0.1) is 0 Å². The van der Waals surface area contributed by atoms with Crippen molar-refractivity contribution in [1.29, 1.82) is 0 Å². The molecular formula is C28H43ClN4O3S. The summed E-state index contributed by atoms with van der Waals surface area (Å²) in [5, 5.41) is 9.61. The summed E-state index contributed by atoms with van der Waals surface area (Å²) in [5.41, 5.74) is 2.14. The molecule has 0 unspecified atom stereocenters. The van der Waals surface area contributed by atoms with E-state index in [4.69, 9.17) is 16.3 Å². The monoisotopic (exact) mass is 550 g/mol. The van der Waals surface area contributed by atoms with Crippen molar-refractivity contribution in [1.82, 2.24) is 19.8 Å². The molecule has 206 valence electrons. The number of sulfone groups is 1. The fourth-order valence-corrected chi connectivity index (χ4v) is 5.94. The summed E-state index contributed by atoms with van der Waals surface area (Å²) >= 11 is 6.52. The number of hydrogen-bond acceptors (Lipinski definition) is 5. The third-order valence-corrected chi connectivity index (χ3v) is 8.61. The molecule has 0 fully saturated rings. The molecule has 0 aliphatic carbocycles. The number of benzene rings is 1. The van der Waals surface area contributed by atoms with Crippen LogP contribution in [0.1, 0.15) is 97.6 Å². The molecule has 7 nitrogen and oxygen atoms in total. The Morgan fingerprint density at radius 2 is 1.49 bits per heavy atom. The van der Waals surface area contributed by atoms with Gasteiger partial charge >= 0.3 is 0 Å². The van der Waals surface area contributed by atoms with Crippen LogP contribution < -0.4 is 4.74 Å². The van der Waals surface area contributed by atoms with Crippen molar-refractivity contribution in [3.05, 3.63) is 35.0 Å². The highest BCUT2D eigenvalue weighted by Crippen LogP contribution is 2.32. The van der Waals surface area contributed by atoms with Gasteiger partial charge in [0, 0.05) is 11.0 Å². The molecule has 2 aromatic heterocycles. The minimum absolute atomic E-state index is 0.0379. The van der Waals surface area contributed by atoms with Crippen LogP contribution in [-0.2, 0) is 15.3 Å². The van der Waals surface area contributed by atoms with Crippen LogP contribution in [0.15, 0.2) is 24.3 Å². The Morgan fingerprint density at radius 3 is 2.05 bits per heavy atom. The Kier molecular flexibility index (Phi) is 10.9. The lowest BCUT2D eigenvalue weighted by Gasteiger charge is -2.14. The van der Waals surface area contributed by atoms with E-state index in [1.54, 1.807) is 0 Å². The van der Waals surface area contributed by atoms with E-state index in [0.29, 0.717) is 22.2 Å². The molecule has 0 spiro atoms. The van der Waals surface area contributed by atoms with E-state index >= 15 is 0 Å². The van der Waals surface area contributed by atoms with Gasteiger partial charge in [-0.1, -0.05) is 97.1 Å². The first kappa shape index (κ1) is 29.5. The molecule has 0 saturated carbocycles. The smallest absolute Gasteiger partial charge is 0.175 e. The lowest BCUT2D eigenvalue weighted by Crippen LogP contribution is -2.17. The van der Waals surface area contributed by atoms with Crippen LogP contribution in [0.3, 0.4) is 0 Å². The van der Waals surface area contributed by atoms with Gasteiger partial charge in [0.15, 0.2) is 21.3 Å². The minimum atomic E-state index is -3.10. The molecule has 0 aliphatic rings. The molecule has 1 N–H and O–H groups in total. The van der Waals surface area contributed by atoms with E-state index in [0.717, 1.165) is 30.5 Å². The summed E-state index contributed by atoms with van der Waals surface area (Å²) in [6, 6.07) is 7.39. The molecule has 0 radical (unpaired) electrons. The summed E-state index contributed by atoms with van der Waals surface area (Å²) in [6.45, 7) is 8.56.